The van der Waals surface area contributed by atoms with E-state index in [1.165, 1.54) is 4.68 Å². The Morgan fingerprint density at radius 3 is 2.64 bits per heavy atom. The fourth-order valence-corrected chi connectivity index (χ4v) is 2.20. The lowest BCUT2D eigenvalue weighted by atomic mass is 10.3. The molecule has 22 heavy (non-hydrogen) atoms. The fourth-order valence-electron chi connectivity index (χ4n) is 2.04. The van der Waals surface area contributed by atoms with Crippen molar-refractivity contribution in [2.24, 2.45) is 7.05 Å². The van der Waals surface area contributed by atoms with E-state index >= 15 is 0 Å². The minimum Gasteiger partial charge on any atom is -0.329 e. The molecular formula is C13H19N7OS. The highest BCUT2D eigenvalue weighted by molar-refractivity contribution is 7.80. The van der Waals surface area contributed by atoms with Crippen LogP contribution in [0.25, 0.3) is 0 Å². The molecule has 3 N–H and O–H groups in total. The number of amides is 1. The molecule has 0 radical (unpaired) electrons. The third kappa shape index (κ3) is 3.42. The number of hydrogen-bond acceptors (Lipinski definition) is 4. The molecular weight excluding hydrogens is 302 g/mol. The van der Waals surface area contributed by atoms with Crippen molar-refractivity contribution in [1.82, 2.24) is 30.4 Å². The molecule has 0 aliphatic carbocycles. The molecule has 2 heterocycles. The summed E-state index contributed by atoms with van der Waals surface area (Å²) >= 11 is 5.15. The summed E-state index contributed by atoms with van der Waals surface area (Å²) in [5.74, 6) is -0.312. The molecule has 0 fully saturated rings. The van der Waals surface area contributed by atoms with Gasteiger partial charge in [-0.3, -0.25) is 25.0 Å². The van der Waals surface area contributed by atoms with Gasteiger partial charge in [0.25, 0.3) is 5.91 Å². The van der Waals surface area contributed by atoms with Gasteiger partial charge in [0.05, 0.1) is 23.3 Å². The van der Waals surface area contributed by atoms with Crippen LogP contribution in [0.5, 0.6) is 0 Å². The SMILES string of the molecule is CCn1ncc(NC(=S)NNC(=O)c2cc(C)nn2C)c1C. The summed E-state index contributed by atoms with van der Waals surface area (Å²) in [4.78, 5) is 12.0. The maximum Gasteiger partial charge on any atom is 0.287 e. The first kappa shape index (κ1) is 16.0. The Labute approximate surface area is 133 Å². The highest BCUT2D eigenvalue weighted by Crippen LogP contribution is 2.12. The second-order valence-electron chi connectivity index (χ2n) is 4.79. The largest absolute Gasteiger partial charge is 0.329 e. The number of nitrogens with zero attached hydrogens (tertiary/aromatic N) is 4. The van der Waals surface area contributed by atoms with E-state index in [0.717, 1.165) is 23.6 Å². The van der Waals surface area contributed by atoms with Gasteiger partial charge >= 0.3 is 0 Å². The van der Waals surface area contributed by atoms with Crippen LogP contribution >= 0.6 is 12.2 Å². The Hall–Kier alpha value is -2.42. The number of carbonyl (C=O) groups excluding carboxylic acids is 1. The minimum absolute atomic E-state index is 0.283. The molecule has 0 aromatic carbocycles. The normalized spacial score (nSPS) is 10.4. The average molecular weight is 321 g/mol. The number of hydrogen-bond donors (Lipinski definition) is 3. The topological polar surface area (TPSA) is 88.8 Å². The highest BCUT2D eigenvalue weighted by Gasteiger charge is 2.12. The number of rotatable bonds is 3. The third-order valence-corrected chi connectivity index (χ3v) is 3.38. The Bertz CT molecular complexity index is 703. The van der Waals surface area contributed by atoms with Gasteiger partial charge in [-0.25, -0.2) is 0 Å². The molecule has 0 saturated heterocycles. The van der Waals surface area contributed by atoms with Gasteiger partial charge in [0.2, 0.25) is 0 Å². The Balaban J connectivity index is 1.91. The summed E-state index contributed by atoms with van der Waals surface area (Å²) in [6, 6.07) is 1.70. The van der Waals surface area contributed by atoms with E-state index in [9.17, 15) is 4.79 Å². The number of aryl methyl sites for hydroxylation is 3. The van der Waals surface area contributed by atoms with Crippen molar-refractivity contribution in [2.45, 2.75) is 27.3 Å². The van der Waals surface area contributed by atoms with Crippen LogP contribution in [0.4, 0.5) is 5.69 Å². The van der Waals surface area contributed by atoms with Gasteiger partial charge in [-0.05, 0) is 39.1 Å². The summed E-state index contributed by atoms with van der Waals surface area (Å²) in [7, 11) is 1.71. The van der Waals surface area contributed by atoms with E-state index in [-0.39, 0.29) is 11.0 Å². The molecule has 2 aromatic rings. The summed E-state index contributed by atoms with van der Waals surface area (Å²) in [5.41, 5.74) is 8.19. The zero-order valence-electron chi connectivity index (χ0n) is 13.0. The second kappa shape index (κ2) is 6.56. The second-order valence-corrected chi connectivity index (χ2v) is 5.20. The van der Waals surface area contributed by atoms with Crippen LogP contribution in [0.15, 0.2) is 12.3 Å². The van der Waals surface area contributed by atoms with Crippen molar-refractivity contribution in [3.8, 4) is 0 Å². The number of hydrazine groups is 1. The summed E-state index contributed by atoms with van der Waals surface area (Å²) in [6.07, 6.45) is 1.69. The lowest BCUT2D eigenvalue weighted by Gasteiger charge is -2.11. The predicted molar refractivity (Wildman–Crippen MR) is 87.4 cm³/mol. The molecule has 1 amide bonds. The molecule has 2 aromatic heterocycles. The standard InChI is InChI=1S/C13H19N7OS/c1-5-20-9(3)10(7-14-20)15-13(22)17-16-12(21)11-6-8(2)18-19(11)4/h6-7H,5H2,1-4H3,(H,16,21)(H2,15,17,22). The Morgan fingerprint density at radius 1 is 1.36 bits per heavy atom. The molecule has 0 bridgehead atoms. The van der Waals surface area contributed by atoms with Gasteiger partial charge in [0.1, 0.15) is 5.69 Å². The van der Waals surface area contributed by atoms with Crippen molar-refractivity contribution in [3.63, 3.8) is 0 Å². The van der Waals surface area contributed by atoms with Crippen LogP contribution in [0.3, 0.4) is 0 Å². The third-order valence-electron chi connectivity index (χ3n) is 3.18. The van der Waals surface area contributed by atoms with Crippen molar-refractivity contribution in [1.29, 1.82) is 0 Å². The van der Waals surface area contributed by atoms with Gasteiger partial charge in [0, 0.05) is 13.6 Å². The van der Waals surface area contributed by atoms with Crippen LogP contribution in [0, 0.1) is 13.8 Å². The number of anilines is 1. The maximum atomic E-state index is 12.0. The maximum absolute atomic E-state index is 12.0. The first-order chi connectivity index (χ1) is 10.4. The molecule has 0 atom stereocenters. The van der Waals surface area contributed by atoms with E-state index in [0.29, 0.717) is 5.69 Å². The van der Waals surface area contributed by atoms with Crippen molar-refractivity contribution in [2.75, 3.05) is 5.32 Å². The zero-order chi connectivity index (χ0) is 16.3. The van der Waals surface area contributed by atoms with Gasteiger partial charge in [-0.15, -0.1) is 0 Å². The molecule has 2 rings (SSSR count). The molecule has 8 nitrogen and oxygen atoms in total. The Morgan fingerprint density at radius 2 is 2.09 bits per heavy atom. The molecule has 0 saturated carbocycles. The number of nitrogens with one attached hydrogen (secondary N) is 3. The molecule has 9 heteroatoms. The molecule has 0 aliphatic rings. The lowest BCUT2D eigenvalue weighted by molar-refractivity contribution is 0.0934. The van der Waals surface area contributed by atoms with Crippen LogP contribution in [0.1, 0.15) is 28.8 Å². The summed E-state index contributed by atoms with van der Waals surface area (Å²) < 4.78 is 3.36. The summed E-state index contributed by atoms with van der Waals surface area (Å²) in [5, 5.41) is 11.6. The van der Waals surface area contributed by atoms with E-state index in [1.807, 2.05) is 25.5 Å². The first-order valence-electron chi connectivity index (χ1n) is 6.82. The number of aromatic nitrogens is 4. The van der Waals surface area contributed by atoms with Crippen LogP contribution in [-0.4, -0.2) is 30.6 Å². The quantitative estimate of drug-likeness (QED) is 0.575. The van der Waals surface area contributed by atoms with Crippen molar-refractivity contribution in [3.05, 3.63) is 29.3 Å². The van der Waals surface area contributed by atoms with E-state index in [4.69, 9.17) is 12.2 Å². The van der Waals surface area contributed by atoms with Crippen LogP contribution in [0.2, 0.25) is 0 Å². The first-order valence-corrected chi connectivity index (χ1v) is 7.23. The average Bonchev–Trinajstić information content (AvgIpc) is 2.99. The van der Waals surface area contributed by atoms with Gasteiger partial charge in [-0.1, -0.05) is 0 Å². The lowest BCUT2D eigenvalue weighted by Crippen LogP contribution is -2.44. The molecule has 0 spiro atoms. The van der Waals surface area contributed by atoms with Crippen molar-refractivity contribution < 1.29 is 4.79 Å². The van der Waals surface area contributed by atoms with Crippen molar-refractivity contribution >= 4 is 28.9 Å². The van der Waals surface area contributed by atoms with Gasteiger partial charge < -0.3 is 5.32 Å². The smallest absolute Gasteiger partial charge is 0.287 e. The van der Waals surface area contributed by atoms with Crippen LogP contribution in [-0.2, 0) is 13.6 Å². The monoisotopic (exact) mass is 321 g/mol. The predicted octanol–water partition coefficient (Wildman–Crippen LogP) is 0.885. The fraction of sp³-hybridized carbons (Fsp3) is 0.385. The molecule has 0 aliphatic heterocycles. The Kier molecular flexibility index (Phi) is 4.76. The number of carbonyl (C=O) groups is 1. The molecule has 0 unspecified atom stereocenters. The molecule has 118 valence electrons. The van der Waals surface area contributed by atoms with Crippen LogP contribution < -0.4 is 16.2 Å². The van der Waals surface area contributed by atoms with E-state index in [2.05, 4.69) is 26.4 Å². The number of thiocarbonyl (C=S) groups is 1. The summed E-state index contributed by atoms with van der Waals surface area (Å²) in [6.45, 7) is 6.56. The highest BCUT2D eigenvalue weighted by atomic mass is 32.1. The van der Waals surface area contributed by atoms with E-state index < -0.39 is 0 Å². The van der Waals surface area contributed by atoms with Gasteiger partial charge in [0.15, 0.2) is 5.11 Å². The minimum atomic E-state index is -0.312. The zero-order valence-corrected chi connectivity index (χ0v) is 13.8. The van der Waals surface area contributed by atoms with E-state index in [1.54, 1.807) is 19.3 Å². The van der Waals surface area contributed by atoms with Gasteiger partial charge in [-0.2, -0.15) is 10.2 Å².